The zero-order valence-corrected chi connectivity index (χ0v) is 14.0. The van der Waals surface area contributed by atoms with E-state index < -0.39 is 22.7 Å². The third-order valence-electron chi connectivity index (χ3n) is 3.24. The molecule has 1 aromatic rings. The zero-order chi connectivity index (χ0) is 16.4. The standard InChI is InChI=1S/C16H23NO3S/c1-15(2,3)11-8-6-10(7-9-11)13(18)17-12(14(19)20)16(4,5)21/h6-9,12,21H,1-5H3,(H,17,18)(H,19,20). The van der Waals surface area contributed by atoms with E-state index in [4.69, 9.17) is 0 Å². The summed E-state index contributed by atoms with van der Waals surface area (Å²) in [7, 11) is 0. The van der Waals surface area contributed by atoms with Gasteiger partial charge in [-0.2, -0.15) is 12.6 Å². The first-order chi connectivity index (χ1) is 9.43. The Labute approximate surface area is 131 Å². The number of rotatable bonds is 4. The molecule has 1 aromatic carbocycles. The van der Waals surface area contributed by atoms with Gasteiger partial charge in [-0.3, -0.25) is 4.79 Å². The summed E-state index contributed by atoms with van der Waals surface area (Å²) in [5, 5.41) is 11.7. The van der Waals surface area contributed by atoms with Crippen LogP contribution in [0.1, 0.15) is 50.5 Å². The highest BCUT2D eigenvalue weighted by molar-refractivity contribution is 7.81. The molecule has 5 heteroatoms. The Morgan fingerprint density at radius 2 is 1.57 bits per heavy atom. The van der Waals surface area contributed by atoms with Crippen molar-refractivity contribution >= 4 is 24.5 Å². The van der Waals surface area contributed by atoms with Crippen molar-refractivity contribution in [3.63, 3.8) is 0 Å². The molecular weight excluding hydrogens is 286 g/mol. The monoisotopic (exact) mass is 309 g/mol. The van der Waals surface area contributed by atoms with Gasteiger partial charge in [-0.15, -0.1) is 0 Å². The van der Waals surface area contributed by atoms with E-state index in [9.17, 15) is 14.7 Å². The molecule has 0 saturated carbocycles. The third kappa shape index (κ3) is 4.77. The number of carbonyl (C=O) groups excluding carboxylic acids is 1. The van der Waals surface area contributed by atoms with Gasteiger partial charge in [-0.1, -0.05) is 32.9 Å². The molecule has 0 aliphatic heterocycles. The number of aliphatic carboxylic acids is 1. The number of thiol groups is 1. The van der Waals surface area contributed by atoms with Gasteiger partial charge in [0.2, 0.25) is 0 Å². The number of hydrogen-bond acceptors (Lipinski definition) is 3. The van der Waals surface area contributed by atoms with E-state index in [0.29, 0.717) is 5.56 Å². The van der Waals surface area contributed by atoms with Crippen LogP contribution in [-0.4, -0.2) is 27.8 Å². The lowest BCUT2D eigenvalue weighted by Gasteiger charge is -2.27. The molecule has 1 rings (SSSR count). The molecule has 21 heavy (non-hydrogen) atoms. The Morgan fingerprint density at radius 3 is 1.90 bits per heavy atom. The quantitative estimate of drug-likeness (QED) is 0.749. The summed E-state index contributed by atoms with van der Waals surface area (Å²) in [5.74, 6) is -1.51. The average Bonchev–Trinajstić information content (AvgIpc) is 2.33. The Hall–Kier alpha value is -1.49. The SMILES string of the molecule is CC(C)(C)c1ccc(C(=O)NC(C(=O)O)C(C)(C)S)cc1. The van der Waals surface area contributed by atoms with Crippen LogP contribution in [0, 0.1) is 0 Å². The summed E-state index contributed by atoms with van der Waals surface area (Å²) in [6, 6.07) is 6.13. The molecule has 2 N–H and O–H groups in total. The Bertz CT molecular complexity index is 524. The molecule has 0 heterocycles. The van der Waals surface area contributed by atoms with Gasteiger partial charge in [-0.25, -0.2) is 4.79 Å². The van der Waals surface area contributed by atoms with Gasteiger partial charge in [0, 0.05) is 10.3 Å². The van der Waals surface area contributed by atoms with Crippen LogP contribution in [0.4, 0.5) is 0 Å². The molecule has 1 unspecified atom stereocenters. The molecule has 0 saturated heterocycles. The summed E-state index contributed by atoms with van der Waals surface area (Å²) in [4.78, 5) is 23.4. The molecule has 0 bridgehead atoms. The number of nitrogens with one attached hydrogen (secondary N) is 1. The Morgan fingerprint density at radius 1 is 1.10 bits per heavy atom. The van der Waals surface area contributed by atoms with Crippen molar-refractivity contribution in [1.29, 1.82) is 0 Å². The van der Waals surface area contributed by atoms with Gasteiger partial charge >= 0.3 is 5.97 Å². The highest BCUT2D eigenvalue weighted by Crippen LogP contribution is 2.22. The Kier molecular flexibility index (Phi) is 5.10. The fourth-order valence-electron chi connectivity index (χ4n) is 1.88. The summed E-state index contributed by atoms with van der Waals surface area (Å²) < 4.78 is -0.854. The summed E-state index contributed by atoms with van der Waals surface area (Å²) in [5.41, 5.74) is 1.56. The van der Waals surface area contributed by atoms with Crippen LogP contribution in [0.5, 0.6) is 0 Å². The lowest BCUT2D eigenvalue weighted by Crippen LogP contribution is -2.51. The van der Waals surface area contributed by atoms with Crippen molar-refractivity contribution in [2.75, 3.05) is 0 Å². The van der Waals surface area contributed by atoms with Crippen LogP contribution in [-0.2, 0) is 10.2 Å². The van der Waals surface area contributed by atoms with Crippen LogP contribution in [0.25, 0.3) is 0 Å². The number of amides is 1. The minimum atomic E-state index is -1.10. The van der Waals surface area contributed by atoms with E-state index in [0.717, 1.165) is 5.56 Å². The molecule has 1 atom stereocenters. The fraction of sp³-hybridized carbons (Fsp3) is 0.500. The predicted molar refractivity (Wildman–Crippen MR) is 87.1 cm³/mol. The average molecular weight is 309 g/mol. The van der Waals surface area contributed by atoms with Crippen molar-refractivity contribution in [1.82, 2.24) is 5.32 Å². The smallest absolute Gasteiger partial charge is 0.327 e. The van der Waals surface area contributed by atoms with Crippen molar-refractivity contribution in [2.24, 2.45) is 0 Å². The second kappa shape index (κ2) is 6.10. The molecule has 0 spiro atoms. The van der Waals surface area contributed by atoms with Crippen LogP contribution in [0.3, 0.4) is 0 Å². The van der Waals surface area contributed by atoms with Crippen LogP contribution in [0.15, 0.2) is 24.3 Å². The molecular formula is C16H23NO3S. The third-order valence-corrected chi connectivity index (χ3v) is 3.50. The van der Waals surface area contributed by atoms with Crippen LogP contribution >= 0.6 is 12.6 Å². The number of benzene rings is 1. The van der Waals surface area contributed by atoms with E-state index in [1.54, 1.807) is 26.0 Å². The Balaban J connectivity index is 2.92. The van der Waals surface area contributed by atoms with E-state index >= 15 is 0 Å². The maximum atomic E-state index is 12.2. The van der Waals surface area contributed by atoms with Crippen molar-refractivity contribution in [2.45, 2.75) is 50.8 Å². The van der Waals surface area contributed by atoms with Crippen molar-refractivity contribution in [3.8, 4) is 0 Å². The number of carbonyl (C=O) groups is 2. The van der Waals surface area contributed by atoms with E-state index in [-0.39, 0.29) is 5.41 Å². The second-order valence-corrected chi connectivity index (χ2v) is 7.88. The molecule has 0 fully saturated rings. The molecule has 116 valence electrons. The molecule has 1 amide bonds. The predicted octanol–water partition coefficient (Wildman–Crippen LogP) is 2.88. The molecule has 0 aliphatic carbocycles. The largest absolute Gasteiger partial charge is 0.480 e. The molecule has 4 nitrogen and oxygen atoms in total. The molecule has 0 aliphatic rings. The normalized spacial score (nSPS) is 13.6. The highest BCUT2D eigenvalue weighted by atomic mass is 32.1. The van der Waals surface area contributed by atoms with Gasteiger partial charge < -0.3 is 10.4 Å². The number of carboxylic acid groups (broad SMARTS) is 1. The van der Waals surface area contributed by atoms with Crippen molar-refractivity contribution in [3.05, 3.63) is 35.4 Å². The minimum absolute atomic E-state index is 0.00565. The molecule has 0 radical (unpaired) electrons. The maximum absolute atomic E-state index is 12.2. The first-order valence-corrected chi connectivity index (χ1v) is 7.24. The number of hydrogen-bond donors (Lipinski definition) is 3. The van der Waals surface area contributed by atoms with E-state index in [2.05, 4.69) is 38.7 Å². The highest BCUT2D eigenvalue weighted by Gasteiger charge is 2.33. The maximum Gasteiger partial charge on any atom is 0.327 e. The lowest BCUT2D eigenvalue weighted by atomic mass is 9.86. The topological polar surface area (TPSA) is 66.4 Å². The first kappa shape index (κ1) is 17.6. The minimum Gasteiger partial charge on any atom is -0.480 e. The van der Waals surface area contributed by atoms with Gasteiger partial charge in [0.25, 0.3) is 5.91 Å². The second-order valence-electron chi connectivity index (χ2n) is 6.73. The summed E-state index contributed by atoms with van der Waals surface area (Å²) in [6.45, 7) is 9.57. The number of carboxylic acids is 1. The fourth-order valence-corrected chi connectivity index (χ4v) is 2.05. The molecule has 0 aromatic heterocycles. The van der Waals surface area contributed by atoms with Crippen LogP contribution < -0.4 is 5.32 Å². The van der Waals surface area contributed by atoms with Gasteiger partial charge in [0.15, 0.2) is 0 Å². The zero-order valence-electron chi connectivity index (χ0n) is 13.1. The summed E-state index contributed by atoms with van der Waals surface area (Å²) in [6.07, 6.45) is 0. The summed E-state index contributed by atoms with van der Waals surface area (Å²) >= 11 is 4.23. The first-order valence-electron chi connectivity index (χ1n) is 6.79. The van der Waals surface area contributed by atoms with Gasteiger partial charge in [-0.05, 0) is 37.0 Å². The van der Waals surface area contributed by atoms with E-state index in [1.807, 2.05) is 12.1 Å². The lowest BCUT2D eigenvalue weighted by molar-refractivity contribution is -0.139. The van der Waals surface area contributed by atoms with E-state index in [1.165, 1.54) is 0 Å². The van der Waals surface area contributed by atoms with Gasteiger partial charge in [0.05, 0.1) is 0 Å². The van der Waals surface area contributed by atoms with Gasteiger partial charge in [0.1, 0.15) is 6.04 Å². The van der Waals surface area contributed by atoms with Crippen LogP contribution in [0.2, 0.25) is 0 Å². The van der Waals surface area contributed by atoms with Crippen molar-refractivity contribution < 1.29 is 14.7 Å².